The number of rotatable bonds is 4. The maximum Gasteiger partial charge on any atom is 0.186 e. The Bertz CT molecular complexity index is 836. The van der Waals surface area contributed by atoms with E-state index in [0.717, 1.165) is 0 Å². The average Bonchev–Trinajstić information content (AvgIpc) is 3.22. The molecule has 0 aromatic carbocycles. The predicted octanol–water partition coefficient (Wildman–Crippen LogP) is -3.52. The molecule has 0 aliphatic carbocycles. The Morgan fingerprint density at radius 1 is 1.07 bits per heavy atom. The maximum absolute atomic E-state index is 10.4. The molecule has 0 amide bonds. The molecule has 0 bridgehead atoms. The fraction of sp³-hybridized carbons (Fsp3) is 0.667. The number of anilines is 1. The van der Waals surface area contributed by atoms with Crippen LogP contribution in [0, 0.1) is 0 Å². The second-order valence-electron chi connectivity index (χ2n) is 6.71. The molecular weight excluding hydrogens is 378 g/mol. The Balaban J connectivity index is 1.45. The number of aliphatic hydroxyl groups excluding tert-OH is 5. The lowest BCUT2D eigenvalue weighted by atomic mass is 10.1. The van der Waals surface area contributed by atoms with E-state index in [-0.39, 0.29) is 19.0 Å². The van der Waals surface area contributed by atoms with Crippen LogP contribution in [0.1, 0.15) is 6.23 Å². The van der Waals surface area contributed by atoms with Crippen LogP contribution < -0.4 is 5.73 Å². The van der Waals surface area contributed by atoms with Crippen molar-refractivity contribution in [2.75, 3.05) is 18.9 Å². The fourth-order valence-electron chi connectivity index (χ4n) is 3.27. The number of nitrogens with two attached hydrogens (primary N) is 1. The van der Waals surface area contributed by atoms with Gasteiger partial charge < -0.3 is 45.5 Å². The number of ether oxygens (including phenoxy) is 3. The quantitative estimate of drug-likeness (QED) is 0.297. The molecule has 7 N–H and O–H groups in total. The third kappa shape index (κ3) is 3.21. The minimum Gasteiger partial charge on any atom is -0.388 e. The first-order valence-electron chi connectivity index (χ1n) is 8.60. The highest BCUT2D eigenvalue weighted by Crippen LogP contribution is 2.32. The molecule has 13 heteroatoms. The van der Waals surface area contributed by atoms with E-state index in [1.165, 1.54) is 17.2 Å². The third-order valence-corrected chi connectivity index (χ3v) is 4.88. The summed E-state index contributed by atoms with van der Waals surface area (Å²) in [6.07, 6.45) is -7.31. The van der Waals surface area contributed by atoms with Gasteiger partial charge in [0.25, 0.3) is 0 Å². The Kier molecular flexibility index (Phi) is 5.15. The number of aliphatic hydroxyl groups is 5. The summed E-state index contributed by atoms with van der Waals surface area (Å²) in [7, 11) is 0. The van der Waals surface area contributed by atoms with Crippen LogP contribution >= 0.6 is 0 Å². The van der Waals surface area contributed by atoms with Crippen molar-refractivity contribution in [3.63, 3.8) is 0 Å². The van der Waals surface area contributed by atoms with Crippen LogP contribution in [-0.4, -0.2) is 101 Å². The SMILES string of the molecule is Nc1ncnc2c1ncn2[C@@H]1O[C@H](COC2OC[C@@H](O)[C@@H](O)[C@H]2O)[C@@H](O)[C@H]1O. The molecule has 13 nitrogen and oxygen atoms in total. The molecule has 2 aliphatic heterocycles. The van der Waals surface area contributed by atoms with Gasteiger partial charge >= 0.3 is 0 Å². The van der Waals surface area contributed by atoms with E-state index < -0.39 is 49.1 Å². The highest BCUT2D eigenvalue weighted by atomic mass is 16.7. The molecule has 4 rings (SSSR count). The van der Waals surface area contributed by atoms with Gasteiger partial charge in [0.1, 0.15) is 48.5 Å². The summed E-state index contributed by atoms with van der Waals surface area (Å²) in [5.41, 5.74) is 6.41. The lowest BCUT2D eigenvalue weighted by Gasteiger charge is -2.35. The van der Waals surface area contributed by atoms with Gasteiger partial charge in [-0.1, -0.05) is 0 Å². The molecule has 2 aliphatic rings. The van der Waals surface area contributed by atoms with E-state index in [1.54, 1.807) is 0 Å². The average molecular weight is 399 g/mol. The minimum atomic E-state index is -1.47. The van der Waals surface area contributed by atoms with Gasteiger partial charge in [-0.05, 0) is 0 Å². The molecule has 0 spiro atoms. The van der Waals surface area contributed by atoms with Crippen LogP contribution in [0.2, 0.25) is 0 Å². The van der Waals surface area contributed by atoms with E-state index in [9.17, 15) is 25.5 Å². The molecule has 8 atom stereocenters. The normalized spacial score (nSPS) is 38.9. The highest BCUT2D eigenvalue weighted by Gasteiger charge is 2.46. The molecule has 0 radical (unpaired) electrons. The summed E-state index contributed by atoms with van der Waals surface area (Å²) in [4.78, 5) is 12.0. The van der Waals surface area contributed by atoms with Crippen molar-refractivity contribution in [3.8, 4) is 0 Å². The number of fused-ring (bicyclic) bond motifs is 1. The first-order chi connectivity index (χ1) is 13.4. The summed E-state index contributed by atoms with van der Waals surface area (Å²) >= 11 is 0. The first-order valence-corrected chi connectivity index (χ1v) is 8.60. The summed E-state index contributed by atoms with van der Waals surface area (Å²) in [5, 5.41) is 49.7. The summed E-state index contributed by atoms with van der Waals surface area (Å²) in [5.74, 6) is 0.167. The summed E-state index contributed by atoms with van der Waals surface area (Å²) in [6, 6.07) is 0. The van der Waals surface area contributed by atoms with Crippen molar-refractivity contribution in [1.82, 2.24) is 19.5 Å². The van der Waals surface area contributed by atoms with Gasteiger partial charge in [0, 0.05) is 0 Å². The number of hydrogen-bond acceptors (Lipinski definition) is 12. The van der Waals surface area contributed by atoms with Gasteiger partial charge in [-0.25, -0.2) is 15.0 Å². The van der Waals surface area contributed by atoms with Gasteiger partial charge in [0.15, 0.2) is 24.0 Å². The molecule has 2 aromatic rings. The molecule has 154 valence electrons. The van der Waals surface area contributed by atoms with E-state index in [2.05, 4.69) is 15.0 Å². The number of nitrogen functional groups attached to an aromatic ring is 1. The largest absolute Gasteiger partial charge is 0.388 e. The lowest BCUT2D eigenvalue weighted by Crippen LogP contribution is -2.54. The monoisotopic (exact) mass is 399 g/mol. The molecular formula is C15H21N5O8. The van der Waals surface area contributed by atoms with Crippen molar-refractivity contribution in [2.45, 2.75) is 49.1 Å². The highest BCUT2D eigenvalue weighted by molar-refractivity contribution is 5.81. The Hall–Kier alpha value is -1.97. The second kappa shape index (κ2) is 7.46. The molecule has 2 aromatic heterocycles. The zero-order chi connectivity index (χ0) is 20.0. The second-order valence-corrected chi connectivity index (χ2v) is 6.71. The first kappa shape index (κ1) is 19.4. The standard InChI is InChI=1S/C15H21N5O8/c16-12-7-13(18-3-17-12)20(4-19-7)14-10(24)9(23)6(28-14)2-27-15-11(25)8(22)5(21)1-26-15/h3-6,8-11,14-15,21-25H,1-2H2,(H2,16,17,18)/t5-,6-,8-,9-,10-,11-,14-,15?/m1/s1. The zero-order valence-electron chi connectivity index (χ0n) is 14.5. The Labute approximate surface area is 157 Å². The van der Waals surface area contributed by atoms with Crippen molar-refractivity contribution >= 4 is 17.0 Å². The van der Waals surface area contributed by atoms with Crippen LogP contribution in [0.15, 0.2) is 12.7 Å². The lowest BCUT2D eigenvalue weighted by molar-refractivity contribution is -0.276. The van der Waals surface area contributed by atoms with Crippen LogP contribution in [0.4, 0.5) is 5.82 Å². The molecule has 4 heterocycles. The summed E-state index contributed by atoms with van der Waals surface area (Å²) < 4.78 is 17.6. The smallest absolute Gasteiger partial charge is 0.186 e. The predicted molar refractivity (Wildman–Crippen MR) is 89.4 cm³/mol. The third-order valence-electron chi connectivity index (χ3n) is 4.88. The van der Waals surface area contributed by atoms with E-state index >= 15 is 0 Å². The fourth-order valence-corrected chi connectivity index (χ4v) is 3.27. The van der Waals surface area contributed by atoms with Crippen LogP contribution in [0.5, 0.6) is 0 Å². The van der Waals surface area contributed by atoms with Gasteiger partial charge in [-0.2, -0.15) is 0 Å². The Morgan fingerprint density at radius 2 is 1.86 bits per heavy atom. The van der Waals surface area contributed by atoms with E-state index in [1.807, 2.05) is 0 Å². The zero-order valence-corrected chi connectivity index (χ0v) is 14.5. The van der Waals surface area contributed by atoms with Crippen LogP contribution in [0.3, 0.4) is 0 Å². The van der Waals surface area contributed by atoms with Gasteiger partial charge in [-0.3, -0.25) is 4.57 Å². The molecule has 2 fully saturated rings. The van der Waals surface area contributed by atoms with Crippen molar-refractivity contribution < 1.29 is 39.7 Å². The molecule has 1 unspecified atom stereocenters. The van der Waals surface area contributed by atoms with Crippen LogP contribution in [0.25, 0.3) is 11.2 Å². The number of aromatic nitrogens is 4. The van der Waals surface area contributed by atoms with E-state index in [0.29, 0.717) is 11.2 Å². The number of hydrogen-bond donors (Lipinski definition) is 6. The van der Waals surface area contributed by atoms with Gasteiger partial charge in [0.2, 0.25) is 0 Å². The summed E-state index contributed by atoms with van der Waals surface area (Å²) in [6.45, 7) is -0.465. The topological polar surface area (TPSA) is 198 Å². The van der Waals surface area contributed by atoms with Gasteiger partial charge in [-0.15, -0.1) is 0 Å². The number of imidazole rings is 1. The minimum absolute atomic E-state index is 0.167. The molecule has 28 heavy (non-hydrogen) atoms. The Morgan fingerprint density at radius 3 is 2.64 bits per heavy atom. The maximum atomic E-state index is 10.4. The van der Waals surface area contributed by atoms with Crippen molar-refractivity contribution in [2.24, 2.45) is 0 Å². The van der Waals surface area contributed by atoms with E-state index in [4.69, 9.17) is 19.9 Å². The van der Waals surface area contributed by atoms with Gasteiger partial charge in [0.05, 0.1) is 19.5 Å². The number of nitrogens with zero attached hydrogens (tertiary/aromatic N) is 4. The van der Waals surface area contributed by atoms with Crippen molar-refractivity contribution in [1.29, 1.82) is 0 Å². The van der Waals surface area contributed by atoms with Crippen molar-refractivity contribution in [3.05, 3.63) is 12.7 Å². The van der Waals surface area contributed by atoms with Crippen LogP contribution in [-0.2, 0) is 14.2 Å². The molecule has 2 saturated heterocycles. The molecule has 0 saturated carbocycles.